The molecule has 0 unspecified atom stereocenters. The summed E-state index contributed by atoms with van der Waals surface area (Å²) >= 11 is 0. The van der Waals surface area contributed by atoms with Gasteiger partial charge in [-0.3, -0.25) is 4.79 Å². The highest BCUT2D eigenvalue weighted by Gasteiger charge is 2.21. The van der Waals surface area contributed by atoms with Gasteiger partial charge in [0.25, 0.3) is 0 Å². The molecule has 0 aliphatic carbocycles. The first kappa shape index (κ1) is 19.0. The van der Waals surface area contributed by atoms with Crippen LogP contribution in [0.1, 0.15) is 46.3 Å². The Balaban J connectivity index is 1.43. The van der Waals surface area contributed by atoms with Gasteiger partial charge in [0.05, 0.1) is 12.2 Å². The van der Waals surface area contributed by atoms with E-state index in [0.29, 0.717) is 26.1 Å². The summed E-state index contributed by atoms with van der Waals surface area (Å²) in [5.41, 5.74) is 3.52. The van der Waals surface area contributed by atoms with Crippen LogP contribution in [-0.4, -0.2) is 35.0 Å². The van der Waals surface area contributed by atoms with Crippen LogP contribution in [0.5, 0.6) is 5.75 Å². The largest absolute Gasteiger partial charge is 0.494 e. The number of aromatic carboxylic acids is 1. The molecular formula is C22H25NO4. The second kappa shape index (κ2) is 8.71. The topological polar surface area (TPSA) is 66.8 Å². The third-order valence-corrected chi connectivity index (χ3v) is 4.86. The molecule has 0 bridgehead atoms. The van der Waals surface area contributed by atoms with Crippen molar-refractivity contribution in [1.82, 2.24) is 4.90 Å². The highest BCUT2D eigenvalue weighted by atomic mass is 16.5. The SMILES string of the molecule is Cc1cccc(OCCCCC(=O)N2CCc3ccc(C(=O)O)cc3C2)c1. The van der Waals surface area contributed by atoms with Crippen molar-refractivity contribution in [3.63, 3.8) is 0 Å². The van der Waals surface area contributed by atoms with E-state index in [0.717, 1.165) is 36.1 Å². The van der Waals surface area contributed by atoms with Gasteiger partial charge in [0.2, 0.25) is 5.91 Å². The fourth-order valence-corrected chi connectivity index (χ4v) is 3.33. The molecule has 5 heteroatoms. The second-order valence-corrected chi connectivity index (χ2v) is 6.98. The summed E-state index contributed by atoms with van der Waals surface area (Å²) in [4.78, 5) is 25.4. The Bertz CT molecular complexity index is 831. The van der Waals surface area contributed by atoms with Crippen molar-refractivity contribution in [3.05, 3.63) is 64.7 Å². The zero-order valence-corrected chi connectivity index (χ0v) is 15.6. The number of carboxylic acid groups (broad SMARTS) is 1. The first-order valence-corrected chi connectivity index (χ1v) is 9.35. The minimum atomic E-state index is -0.935. The summed E-state index contributed by atoms with van der Waals surface area (Å²) in [6.45, 7) is 3.82. The number of carboxylic acids is 1. The molecule has 0 aromatic heterocycles. The van der Waals surface area contributed by atoms with Crippen LogP contribution < -0.4 is 4.74 Å². The molecule has 0 saturated heterocycles. The Morgan fingerprint density at radius 3 is 2.74 bits per heavy atom. The molecule has 0 saturated carbocycles. The lowest BCUT2D eigenvalue weighted by molar-refractivity contribution is -0.132. The molecule has 2 aromatic rings. The minimum Gasteiger partial charge on any atom is -0.494 e. The number of aryl methyl sites for hydroxylation is 1. The Labute approximate surface area is 159 Å². The predicted molar refractivity (Wildman–Crippen MR) is 103 cm³/mol. The lowest BCUT2D eigenvalue weighted by Crippen LogP contribution is -2.36. The van der Waals surface area contributed by atoms with E-state index in [4.69, 9.17) is 9.84 Å². The maximum atomic E-state index is 12.5. The van der Waals surface area contributed by atoms with Crippen molar-refractivity contribution >= 4 is 11.9 Å². The van der Waals surface area contributed by atoms with Crippen LogP contribution in [0.25, 0.3) is 0 Å². The number of fused-ring (bicyclic) bond motifs is 1. The summed E-state index contributed by atoms with van der Waals surface area (Å²) in [7, 11) is 0. The van der Waals surface area contributed by atoms with E-state index < -0.39 is 5.97 Å². The first-order valence-electron chi connectivity index (χ1n) is 9.35. The van der Waals surface area contributed by atoms with E-state index in [9.17, 15) is 9.59 Å². The number of ether oxygens (including phenoxy) is 1. The molecule has 0 spiro atoms. The molecule has 5 nitrogen and oxygen atoms in total. The fraction of sp³-hybridized carbons (Fsp3) is 0.364. The van der Waals surface area contributed by atoms with Crippen LogP contribution in [0.3, 0.4) is 0 Å². The average Bonchev–Trinajstić information content (AvgIpc) is 2.66. The number of amides is 1. The van der Waals surface area contributed by atoms with Crippen molar-refractivity contribution in [2.75, 3.05) is 13.2 Å². The summed E-state index contributed by atoms with van der Waals surface area (Å²) in [6.07, 6.45) is 2.87. The standard InChI is InChI=1S/C22H25NO4/c1-16-5-4-6-20(13-16)27-12-3-2-7-21(24)23-11-10-17-8-9-18(22(25)26)14-19(17)15-23/h4-6,8-9,13-14H,2-3,7,10-12,15H2,1H3,(H,25,26). The van der Waals surface area contributed by atoms with Gasteiger partial charge in [0.1, 0.15) is 5.75 Å². The van der Waals surface area contributed by atoms with Gasteiger partial charge in [-0.25, -0.2) is 4.79 Å². The number of hydrogen-bond donors (Lipinski definition) is 1. The second-order valence-electron chi connectivity index (χ2n) is 6.98. The molecule has 1 amide bonds. The van der Waals surface area contributed by atoms with E-state index >= 15 is 0 Å². The van der Waals surface area contributed by atoms with Crippen LogP contribution in [-0.2, 0) is 17.8 Å². The van der Waals surface area contributed by atoms with Gasteiger partial charge < -0.3 is 14.7 Å². The van der Waals surface area contributed by atoms with Gasteiger partial charge in [-0.05, 0) is 67.1 Å². The molecular weight excluding hydrogens is 342 g/mol. The summed E-state index contributed by atoms with van der Waals surface area (Å²) in [5, 5.41) is 9.13. The van der Waals surface area contributed by atoms with E-state index in [1.54, 1.807) is 12.1 Å². The summed E-state index contributed by atoms with van der Waals surface area (Å²) in [5.74, 6) is 0.0509. The first-order chi connectivity index (χ1) is 13.0. The zero-order chi connectivity index (χ0) is 19.2. The Morgan fingerprint density at radius 1 is 1.11 bits per heavy atom. The lowest BCUT2D eigenvalue weighted by Gasteiger charge is -2.29. The van der Waals surface area contributed by atoms with Crippen LogP contribution in [0.4, 0.5) is 0 Å². The van der Waals surface area contributed by atoms with Gasteiger partial charge in [0, 0.05) is 19.5 Å². The molecule has 1 aliphatic heterocycles. The smallest absolute Gasteiger partial charge is 0.335 e. The summed E-state index contributed by atoms with van der Waals surface area (Å²) in [6, 6.07) is 13.1. The Morgan fingerprint density at radius 2 is 1.96 bits per heavy atom. The Kier molecular flexibility index (Phi) is 6.12. The van der Waals surface area contributed by atoms with Crippen LogP contribution in [0.15, 0.2) is 42.5 Å². The molecule has 1 aliphatic rings. The van der Waals surface area contributed by atoms with E-state index in [2.05, 4.69) is 0 Å². The Hall–Kier alpha value is -2.82. The highest BCUT2D eigenvalue weighted by molar-refractivity contribution is 5.88. The normalized spacial score (nSPS) is 13.1. The van der Waals surface area contributed by atoms with Crippen molar-refractivity contribution < 1.29 is 19.4 Å². The molecule has 0 radical (unpaired) electrons. The fourth-order valence-electron chi connectivity index (χ4n) is 3.33. The number of nitrogens with zero attached hydrogens (tertiary/aromatic N) is 1. The lowest BCUT2D eigenvalue weighted by atomic mass is 9.97. The zero-order valence-electron chi connectivity index (χ0n) is 15.6. The number of carbonyl (C=O) groups is 2. The molecule has 1 N–H and O–H groups in total. The van der Waals surface area contributed by atoms with E-state index in [1.807, 2.05) is 42.2 Å². The van der Waals surface area contributed by atoms with Crippen molar-refractivity contribution in [3.8, 4) is 5.75 Å². The van der Waals surface area contributed by atoms with Crippen molar-refractivity contribution in [2.24, 2.45) is 0 Å². The van der Waals surface area contributed by atoms with Gasteiger partial charge in [-0.15, -0.1) is 0 Å². The van der Waals surface area contributed by atoms with Crippen LogP contribution in [0, 0.1) is 6.92 Å². The molecule has 27 heavy (non-hydrogen) atoms. The monoisotopic (exact) mass is 367 g/mol. The third kappa shape index (κ3) is 5.09. The maximum absolute atomic E-state index is 12.5. The highest BCUT2D eigenvalue weighted by Crippen LogP contribution is 2.21. The quantitative estimate of drug-likeness (QED) is 0.756. The number of carbonyl (C=O) groups excluding carboxylic acids is 1. The number of hydrogen-bond acceptors (Lipinski definition) is 3. The van der Waals surface area contributed by atoms with E-state index in [1.165, 1.54) is 5.56 Å². The summed E-state index contributed by atoms with van der Waals surface area (Å²) < 4.78 is 5.72. The average molecular weight is 367 g/mol. The van der Waals surface area contributed by atoms with Gasteiger partial charge in [-0.1, -0.05) is 18.2 Å². The van der Waals surface area contributed by atoms with E-state index in [-0.39, 0.29) is 11.5 Å². The number of rotatable bonds is 7. The molecule has 3 rings (SSSR count). The molecule has 1 heterocycles. The van der Waals surface area contributed by atoms with Gasteiger partial charge in [-0.2, -0.15) is 0 Å². The van der Waals surface area contributed by atoms with Gasteiger partial charge in [0.15, 0.2) is 0 Å². The van der Waals surface area contributed by atoms with Crippen molar-refractivity contribution in [1.29, 1.82) is 0 Å². The number of benzene rings is 2. The predicted octanol–water partition coefficient (Wildman–Crippen LogP) is 3.83. The van der Waals surface area contributed by atoms with Crippen LogP contribution >= 0.6 is 0 Å². The van der Waals surface area contributed by atoms with Crippen LogP contribution in [0.2, 0.25) is 0 Å². The van der Waals surface area contributed by atoms with Crippen molar-refractivity contribution in [2.45, 2.75) is 39.2 Å². The molecule has 0 atom stereocenters. The van der Waals surface area contributed by atoms with Gasteiger partial charge >= 0.3 is 5.97 Å². The third-order valence-electron chi connectivity index (χ3n) is 4.86. The number of unbranched alkanes of at least 4 members (excludes halogenated alkanes) is 1. The molecule has 0 fully saturated rings. The minimum absolute atomic E-state index is 0.122. The molecule has 142 valence electrons. The maximum Gasteiger partial charge on any atom is 0.335 e. The molecule has 2 aromatic carbocycles.